The molecule has 0 spiro atoms. The van der Waals surface area contributed by atoms with Crippen molar-refractivity contribution >= 4 is 17.6 Å². The van der Waals surface area contributed by atoms with E-state index in [1.54, 1.807) is 12.1 Å². The van der Waals surface area contributed by atoms with E-state index in [1.165, 1.54) is 44.7 Å². The molecule has 3 aromatic carbocycles. The molecule has 0 amide bonds. The van der Waals surface area contributed by atoms with Gasteiger partial charge in [-0.25, -0.2) is 9.59 Å². The summed E-state index contributed by atoms with van der Waals surface area (Å²) in [5.41, 5.74) is 1.72. The molecular weight excluding hydrogens is 574 g/mol. The lowest BCUT2D eigenvalue weighted by molar-refractivity contribution is -0.386. The maximum Gasteiger partial charge on any atom is 0.347 e. The number of nitro groups is 1. The molecule has 3 aromatic rings. The van der Waals surface area contributed by atoms with Crippen LogP contribution in [0.4, 0.5) is 5.69 Å². The maximum absolute atomic E-state index is 12.8. The van der Waals surface area contributed by atoms with E-state index in [0.29, 0.717) is 13.0 Å². The number of carbonyl (C=O) groups excluding carboxylic acids is 2. The minimum Gasteiger partial charge on any atom is -0.494 e. The highest BCUT2D eigenvalue weighted by Crippen LogP contribution is 2.32. The van der Waals surface area contributed by atoms with Crippen LogP contribution in [-0.4, -0.2) is 36.2 Å². The van der Waals surface area contributed by atoms with Crippen LogP contribution in [0.15, 0.2) is 79.4 Å². The van der Waals surface area contributed by atoms with Gasteiger partial charge in [-0.2, -0.15) is 0 Å². The van der Waals surface area contributed by atoms with Crippen molar-refractivity contribution in [2.75, 3.05) is 13.2 Å². The molecule has 0 bridgehead atoms. The van der Waals surface area contributed by atoms with Gasteiger partial charge in [0.2, 0.25) is 0 Å². The van der Waals surface area contributed by atoms with Gasteiger partial charge in [0.05, 0.1) is 29.8 Å². The number of unbranched alkanes of at least 4 members (excludes halogenated alkanes) is 7. The third-order valence-corrected chi connectivity index (χ3v) is 7.10. The second-order valence-corrected chi connectivity index (χ2v) is 10.7. The minimum absolute atomic E-state index is 0.0274. The van der Waals surface area contributed by atoms with Crippen LogP contribution in [0.25, 0.3) is 11.1 Å². The number of nitro benzene ring substituents is 1. The minimum atomic E-state index is -1.05. The fourth-order valence-corrected chi connectivity index (χ4v) is 4.47. The summed E-state index contributed by atoms with van der Waals surface area (Å²) in [6, 6.07) is 18.4. The second-order valence-electron chi connectivity index (χ2n) is 10.7. The summed E-state index contributed by atoms with van der Waals surface area (Å²) in [7, 11) is 0. The van der Waals surface area contributed by atoms with Gasteiger partial charge in [-0.3, -0.25) is 10.1 Å². The Morgan fingerprint density at radius 3 is 2.11 bits per heavy atom. The molecule has 1 atom stereocenters. The summed E-state index contributed by atoms with van der Waals surface area (Å²) < 4.78 is 21.9. The quantitative estimate of drug-likeness (QED) is 0.0308. The van der Waals surface area contributed by atoms with E-state index >= 15 is 0 Å². The third kappa shape index (κ3) is 11.7. The number of benzene rings is 3. The third-order valence-electron chi connectivity index (χ3n) is 7.10. The zero-order chi connectivity index (χ0) is 32.4. The Labute approximate surface area is 265 Å². The van der Waals surface area contributed by atoms with Gasteiger partial charge < -0.3 is 18.9 Å². The Balaban J connectivity index is 1.51. The molecule has 0 N–H and O–H groups in total. The first-order chi connectivity index (χ1) is 21.8. The van der Waals surface area contributed by atoms with Crippen LogP contribution >= 0.6 is 0 Å². The number of hydrogen-bond donors (Lipinski definition) is 0. The first kappa shape index (κ1) is 34.8. The van der Waals surface area contributed by atoms with Gasteiger partial charge in [-0.1, -0.05) is 69.4 Å². The molecule has 0 aliphatic carbocycles. The Morgan fingerprint density at radius 1 is 0.844 bits per heavy atom. The van der Waals surface area contributed by atoms with Crippen LogP contribution < -0.4 is 14.2 Å². The smallest absolute Gasteiger partial charge is 0.347 e. The zero-order valence-electron chi connectivity index (χ0n) is 26.2. The zero-order valence-corrected chi connectivity index (χ0v) is 26.2. The fraction of sp³-hybridized carbons (Fsp3) is 0.389. The molecule has 9 heteroatoms. The standard InChI is InChI=1S/C36H43NO8/c1-4-6-8-9-10-11-12-13-25-42-31-20-18-29(19-21-31)28-14-16-30(17-15-28)36(39)45-32-22-23-34(33(26-32)37(40)41)44-27(3)35(38)43-24-7-5-2/h4,14-23,26-27H,1,5-13,24-25H2,2-3H3. The first-order valence-electron chi connectivity index (χ1n) is 15.6. The van der Waals surface area contributed by atoms with Crippen LogP contribution in [0.1, 0.15) is 82.0 Å². The molecule has 240 valence electrons. The van der Waals surface area contributed by atoms with Gasteiger partial charge in [0.25, 0.3) is 0 Å². The van der Waals surface area contributed by atoms with Crippen LogP contribution in [0.2, 0.25) is 0 Å². The van der Waals surface area contributed by atoms with E-state index in [2.05, 4.69) is 6.58 Å². The van der Waals surface area contributed by atoms with Gasteiger partial charge in [0, 0.05) is 0 Å². The first-order valence-corrected chi connectivity index (χ1v) is 15.6. The van der Waals surface area contributed by atoms with Crippen LogP contribution in [0.5, 0.6) is 17.2 Å². The normalized spacial score (nSPS) is 11.3. The van der Waals surface area contributed by atoms with Crippen molar-refractivity contribution in [2.24, 2.45) is 0 Å². The Hall–Kier alpha value is -4.66. The number of hydrogen-bond acceptors (Lipinski definition) is 8. The lowest BCUT2D eigenvalue weighted by atomic mass is 10.0. The van der Waals surface area contributed by atoms with E-state index in [1.807, 2.05) is 49.4 Å². The van der Waals surface area contributed by atoms with E-state index < -0.39 is 28.7 Å². The summed E-state index contributed by atoms with van der Waals surface area (Å²) in [6.07, 6.45) is 10.7. The second kappa shape index (κ2) is 18.9. The molecule has 45 heavy (non-hydrogen) atoms. The fourth-order valence-electron chi connectivity index (χ4n) is 4.47. The maximum atomic E-state index is 12.8. The van der Waals surface area contributed by atoms with Gasteiger partial charge in [-0.15, -0.1) is 6.58 Å². The van der Waals surface area contributed by atoms with E-state index in [-0.39, 0.29) is 23.7 Å². The summed E-state index contributed by atoms with van der Waals surface area (Å²) in [5, 5.41) is 11.7. The molecule has 0 aromatic heterocycles. The van der Waals surface area contributed by atoms with E-state index in [4.69, 9.17) is 18.9 Å². The van der Waals surface area contributed by atoms with Crippen LogP contribution in [-0.2, 0) is 9.53 Å². The molecular formula is C36H43NO8. The summed E-state index contributed by atoms with van der Waals surface area (Å²) in [5.74, 6) is -0.630. The monoisotopic (exact) mass is 617 g/mol. The van der Waals surface area contributed by atoms with Crippen molar-refractivity contribution in [3.8, 4) is 28.4 Å². The van der Waals surface area contributed by atoms with Crippen molar-refractivity contribution < 1.29 is 33.5 Å². The van der Waals surface area contributed by atoms with Gasteiger partial charge >= 0.3 is 17.6 Å². The topological polar surface area (TPSA) is 114 Å². The average molecular weight is 618 g/mol. The summed E-state index contributed by atoms with van der Waals surface area (Å²) in [6.45, 7) is 8.11. The van der Waals surface area contributed by atoms with E-state index in [0.717, 1.165) is 48.6 Å². The molecule has 0 fully saturated rings. The number of carbonyl (C=O) groups is 2. The molecule has 9 nitrogen and oxygen atoms in total. The predicted octanol–water partition coefficient (Wildman–Crippen LogP) is 8.89. The SMILES string of the molecule is C=CCCCCCCCCOc1ccc(-c2ccc(C(=O)Oc3ccc(OC(C)C(=O)OCCCC)c([N+](=O)[O-])c3)cc2)cc1. The molecule has 0 radical (unpaired) electrons. The summed E-state index contributed by atoms with van der Waals surface area (Å²) >= 11 is 0. The highest BCUT2D eigenvalue weighted by atomic mass is 16.6. The number of ether oxygens (including phenoxy) is 4. The molecule has 0 saturated carbocycles. The molecule has 0 aliphatic heterocycles. The molecule has 0 saturated heterocycles. The van der Waals surface area contributed by atoms with Crippen molar-refractivity contribution in [1.29, 1.82) is 0 Å². The van der Waals surface area contributed by atoms with E-state index in [9.17, 15) is 19.7 Å². The van der Waals surface area contributed by atoms with Gasteiger partial charge in [-0.05, 0) is 80.1 Å². The van der Waals surface area contributed by atoms with Crippen LogP contribution in [0.3, 0.4) is 0 Å². The molecule has 3 rings (SSSR count). The number of nitrogens with zero attached hydrogens (tertiary/aromatic N) is 1. The summed E-state index contributed by atoms with van der Waals surface area (Å²) in [4.78, 5) is 35.9. The Morgan fingerprint density at radius 2 is 1.47 bits per heavy atom. The molecule has 0 aliphatic rings. The lowest BCUT2D eigenvalue weighted by Gasteiger charge is -2.14. The Bertz CT molecular complexity index is 1390. The molecule has 1 unspecified atom stereocenters. The highest BCUT2D eigenvalue weighted by Gasteiger charge is 2.24. The highest BCUT2D eigenvalue weighted by molar-refractivity contribution is 5.91. The lowest BCUT2D eigenvalue weighted by Crippen LogP contribution is -2.26. The molecule has 0 heterocycles. The van der Waals surface area contributed by atoms with Crippen LogP contribution in [0, 0.1) is 10.1 Å². The largest absolute Gasteiger partial charge is 0.494 e. The number of allylic oxidation sites excluding steroid dienone is 1. The van der Waals surface area contributed by atoms with Gasteiger partial charge in [0.1, 0.15) is 11.5 Å². The van der Waals surface area contributed by atoms with Crippen molar-refractivity contribution in [1.82, 2.24) is 0 Å². The van der Waals surface area contributed by atoms with Crippen molar-refractivity contribution in [3.05, 3.63) is 95.1 Å². The van der Waals surface area contributed by atoms with Crippen molar-refractivity contribution in [2.45, 2.75) is 77.7 Å². The predicted molar refractivity (Wildman–Crippen MR) is 174 cm³/mol. The van der Waals surface area contributed by atoms with Crippen molar-refractivity contribution in [3.63, 3.8) is 0 Å². The number of esters is 2. The Kier molecular flexibility index (Phi) is 14.6. The average Bonchev–Trinajstić information content (AvgIpc) is 3.05. The number of rotatable bonds is 20. The van der Waals surface area contributed by atoms with Gasteiger partial charge in [0.15, 0.2) is 11.9 Å².